The first-order valence-corrected chi connectivity index (χ1v) is 5.67. The van der Waals surface area contributed by atoms with Crippen LogP contribution in [-0.2, 0) is 13.5 Å². The highest BCUT2D eigenvalue weighted by molar-refractivity contribution is 7.09. The van der Waals surface area contributed by atoms with Gasteiger partial charge in [-0.2, -0.15) is 0 Å². The highest BCUT2D eigenvalue weighted by Crippen LogP contribution is 2.30. The van der Waals surface area contributed by atoms with Gasteiger partial charge in [-0.1, -0.05) is 6.42 Å². The Labute approximate surface area is 83.7 Å². The van der Waals surface area contributed by atoms with E-state index in [1.807, 2.05) is 18.4 Å². The Hall–Kier alpha value is -0.505. The van der Waals surface area contributed by atoms with Crippen LogP contribution in [0.4, 0.5) is 0 Å². The van der Waals surface area contributed by atoms with E-state index in [4.69, 9.17) is 0 Å². The van der Waals surface area contributed by atoms with Crippen LogP contribution in [0.3, 0.4) is 0 Å². The second-order valence-electron chi connectivity index (χ2n) is 3.77. The average Bonchev–Trinajstić information content (AvgIpc) is 2.45. The molecule has 1 heterocycles. The first-order chi connectivity index (χ1) is 6.24. The lowest BCUT2D eigenvalue weighted by molar-refractivity contribution is 0.630. The van der Waals surface area contributed by atoms with E-state index >= 15 is 0 Å². The smallest absolute Gasteiger partial charge is 0.184 e. The van der Waals surface area contributed by atoms with Gasteiger partial charge in [-0.3, -0.25) is 4.99 Å². The molecule has 4 heteroatoms. The SMILES string of the molecule is BC1CCCc2c1s/c(=N/C)n2C. The average molecular weight is 194 g/mol. The molecule has 2 rings (SSSR count). The second kappa shape index (κ2) is 3.33. The molecule has 0 saturated heterocycles. The normalized spacial score (nSPS) is 23.2. The maximum absolute atomic E-state index is 4.29. The minimum absolute atomic E-state index is 0.746. The summed E-state index contributed by atoms with van der Waals surface area (Å²) in [4.78, 5) is 7.02. The number of rotatable bonds is 0. The Bertz CT molecular complexity index is 377. The number of hydrogen-bond acceptors (Lipinski definition) is 2. The van der Waals surface area contributed by atoms with Crippen molar-refractivity contribution in [2.24, 2.45) is 12.0 Å². The summed E-state index contributed by atoms with van der Waals surface area (Å²) in [6.07, 6.45) is 3.92. The molecule has 0 N–H and O–H groups in total. The zero-order valence-corrected chi connectivity index (χ0v) is 9.32. The standard InChI is InChI=1S/C9H15BN2S/c1-11-9-12(2)7-5-3-4-6(10)8(7)13-9/h6H,3-5,10H2,1-2H3/b11-9+. The van der Waals surface area contributed by atoms with E-state index in [2.05, 4.69) is 24.5 Å². The molecule has 1 aliphatic rings. The summed E-state index contributed by atoms with van der Waals surface area (Å²) in [7, 11) is 6.34. The van der Waals surface area contributed by atoms with Crippen molar-refractivity contribution in [3.8, 4) is 0 Å². The molecule has 0 radical (unpaired) electrons. The molecular formula is C9H15BN2S. The summed E-state index contributed by atoms with van der Waals surface area (Å²) in [6, 6.07) is 0. The van der Waals surface area contributed by atoms with Crippen LogP contribution in [0.2, 0.25) is 0 Å². The van der Waals surface area contributed by atoms with Crippen LogP contribution in [0.25, 0.3) is 0 Å². The third kappa shape index (κ3) is 1.37. The van der Waals surface area contributed by atoms with Crippen LogP contribution in [0.1, 0.15) is 29.2 Å². The van der Waals surface area contributed by atoms with Crippen molar-refractivity contribution in [3.63, 3.8) is 0 Å². The van der Waals surface area contributed by atoms with Gasteiger partial charge in [0.2, 0.25) is 0 Å². The number of hydrogen-bond donors (Lipinski definition) is 0. The molecule has 2 nitrogen and oxygen atoms in total. The number of nitrogens with zero attached hydrogens (tertiary/aromatic N) is 2. The van der Waals surface area contributed by atoms with Crippen molar-refractivity contribution in [1.82, 2.24) is 4.57 Å². The predicted octanol–water partition coefficient (Wildman–Crippen LogP) is 0.628. The van der Waals surface area contributed by atoms with Crippen LogP contribution >= 0.6 is 11.3 Å². The third-order valence-corrected chi connectivity index (χ3v) is 4.36. The molecular weight excluding hydrogens is 179 g/mol. The largest absolute Gasteiger partial charge is 0.324 e. The van der Waals surface area contributed by atoms with Gasteiger partial charge in [-0.05, 0) is 18.7 Å². The Kier molecular flexibility index (Phi) is 2.32. The van der Waals surface area contributed by atoms with Gasteiger partial charge in [0.15, 0.2) is 4.80 Å². The molecule has 0 fully saturated rings. The van der Waals surface area contributed by atoms with Crippen LogP contribution in [-0.4, -0.2) is 19.5 Å². The highest BCUT2D eigenvalue weighted by atomic mass is 32.1. The lowest BCUT2D eigenvalue weighted by atomic mass is 9.77. The minimum Gasteiger partial charge on any atom is -0.324 e. The minimum atomic E-state index is 0.746. The van der Waals surface area contributed by atoms with Gasteiger partial charge in [0, 0.05) is 24.7 Å². The molecule has 13 heavy (non-hydrogen) atoms. The number of aromatic nitrogens is 1. The molecule has 0 bridgehead atoms. The van der Waals surface area contributed by atoms with Gasteiger partial charge in [-0.15, -0.1) is 11.3 Å². The molecule has 0 spiro atoms. The molecule has 0 aliphatic heterocycles. The third-order valence-electron chi connectivity index (χ3n) is 2.87. The van der Waals surface area contributed by atoms with Crippen LogP contribution in [0.15, 0.2) is 4.99 Å². The Morgan fingerprint density at radius 2 is 2.38 bits per heavy atom. The van der Waals surface area contributed by atoms with E-state index in [1.54, 1.807) is 4.88 Å². The fourth-order valence-electron chi connectivity index (χ4n) is 2.08. The Balaban J connectivity index is 2.61. The molecule has 1 aromatic rings. The Morgan fingerprint density at radius 1 is 1.62 bits per heavy atom. The monoisotopic (exact) mass is 194 g/mol. The fraction of sp³-hybridized carbons (Fsp3) is 0.667. The van der Waals surface area contributed by atoms with Crippen molar-refractivity contribution in [2.75, 3.05) is 7.05 Å². The summed E-state index contributed by atoms with van der Waals surface area (Å²) in [5, 5.41) is 0. The molecule has 0 saturated carbocycles. The number of thiazole rings is 1. The van der Waals surface area contributed by atoms with Gasteiger partial charge in [0.25, 0.3) is 0 Å². The zero-order valence-electron chi connectivity index (χ0n) is 8.50. The summed E-state index contributed by atoms with van der Waals surface area (Å²) in [5.74, 6) is 0.746. The van der Waals surface area contributed by atoms with E-state index in [1.165, 1.54) is 29.8 Å². The summed E-state index contributed by atoms with van der Waals surface area (Å²) >= 11 is 1.87. The maximum Gasteiger partial charge on any atom is 0.184 e. The van der Waals surface area contributed by atoms with Crippen molar-refractivity contribution in [3.05, 3.63) is 15.4 Å². The fourth-order valence-corrected chi connectivity index (χ4v) is 3.30. The highest BCUT2D eigenvalue weighted by Gasteiger charge is 2.20. The van der Waals surface area contributed by atoms with Crippen molar-refractivity contribution in [1.29, 1.82) is 0 Å². The van der Waals surface area contributed by atoms with Gasteiger partial charge in [0.05, 0.1) is 0 Å². The second-order valence-corrected chi connectivity index (χ2v) is 4.78. The van der Waals surface area contributed by atoms with E-state index in [0.29, 0.717) is 0 Å². The summed E-state index contributed by atoms with van der Waals surface area (Å²) in [6.45, 7) is 0. The van der Waals surface area contributed by atoms with Gasteiger partial charge in [-0.25, -0.2) is 0 Å². The van der Waals surface area contributed by atoms with Gasteiger partial charge < -0.3 is 4.57 Å². The van der Waals surface area contributed by atoms with Crippen LogP contribution < -0.4 is 4.80 Å². The van der Waals surface area contributed by atoms with Gasteiger partial charge >= 0.3 is 0 Å². The van der Waals surface area contributed by atoms with Crippen molar-refractivity contribution < 1.29 is 0 Å². The van der Waals surface area contributed by atoms with Crippen molar-refractivity contribution in [2.45, 2.75) is 25.1 Å². The lowest BCUT2D eigenvalue weighted by Gasteiger charge is -2.18. The molecule has 0 aromatic carbocycles. The summed E-state index contributed by atoms with van der Waals surface area (Å²) < 4.78 is 2.26. The molecule has 1 unspecified atom stereocenters. The lowest BCUT2D eigenvalue weighted by Crippen LogP contribution is -2.15. The predicted molar refractivity (Wildman–Crippen MR) is 59.0 cm³/mol. The van der Waals surface area contributed by atoms with Crippen molar-refractivity contribution >= 4 is 19.2 Å². The van der Waals surface area contributed by atoms with E-state index in [9.17, 15) is 0 Å². The van der Waals surface area contributed by atoms with Crippen LogP contribution in [0, 0.1) is 0 Å². The van der Waals surface area contributed by atoms with E-state index in [-0.39, 0.29) is 0 Å². The molecule has 0 amide bonds. The maximum atomic E-state index is 4.29. The van der Waals surface area contributed by atoms with Crippen LogP contribution in [0.5, 0.6) is 0 Å². The molecule has 70 valence electrons. The summed E-state index contributed by atoms with van der Waals surface area (Å²) in [5.41, 5.74) is 1.52. The Morgan fingerprint density at radius 3 is 3.00 bits per heavy atom. The number of fused-ring (bicyclic) bond motifs is 1. The first-order valence-electron chi connectivity index (χ1n) is 4.85. The van der Waals surface area contributed by atoms with Gasteiger partial charge in [0.1, 0.15) is 7.85 Å². The topological polar surface area (TPSA) is 17.3 Å². The first kappa shape index (κ1) is 9.07. The van der Waals surface area contributed by atoms with E-state index in [0.717, 1.165) is 5.82 Å². The zero-order chi connectivity index (χ0) is 9.42. The molecule has 1 aromatic heterocycles. The molecule has 1 atom stereocenters. The quantitative estimate of drug-likeness (QED) is 0.539. The molecule has 1 aliphatic carbocycles. The van der Waals surface area contributed by atoms with E-state index < -0.39 is 0 Å².